The van der Waals surface area contributed by atoms with Crippen LogP contribution in [0.25, 0.3) is 0 Å². The third kappa shape index (κ3) is 3.05. The summed E-state index contributed by atoms with van der Waals surface area (Å²) in [6.07, 6.45) is 0.952. The van der Waals surface area contributed by atoms with E-state index in [0.29, 0.717) is 12.5 Å². The summed E-state index contributed by atoms with van der Waals surface area (Å²) >= 11 is 0. The summed E-state index contributed by atoms with van der Waals surface area (Å²) in [5, 5.41) is 12.9. The molecular weight excluding hydrogens is 266 g/mol. The number of fused-ring (bicyclic) bond motifs is 1. The Bertz CT molecular complexity index is 523. The van der Waals surface area contributed by atoms with Crippen LogP contribution in [0.1, 0.15) is 45.6 Å². The molecule has 1 heterocycles. The van der Waals surface area contributed by atoms with Gasteiger partial charge in [0.2, 0.25) is 0 Å². The zero-order valence-corrected chi connectivity index (χ0v) is 13.3. The largest absolute Gasteiger partial charge is 0.493 e. The Morgan fingerprint density at radius 2 is 2.00 bits per heavy atom. The molecule has 2 N–H and O–H groups in total. The molecule has 1 aliphatic heterocycles. The summed E-state index contributed by atoms with van der Waals surface area (Å²) in [5.41, 5.74) is -0.121. The van der Waals surface area contributed by atoms with Crippen molar-refractivity contribution in [3.63, 3.8) is 0 Å². The van der Waals surface area contributed by atoms with Crippen molar-refractivity contribution >= 4 is 5.97 Å². The predicted octanol–water partition coefficient (Wildman–Crippen LogP) is 3.03. The van der Waals surface area contributed by atoms with Crippen molar-refractivity contribution in [3.8, 4) is 5.75 Å². The van der Waals surface area contributed by atoms with Crippen molar-refractivity contribution in [2.75, 3.05) is 13.2 Å². The highest BCUT2D eigenvalue weighted by atomic mass is 16.5. The van der Waals surface area contributed by atoms with E-state index in [1.54, 1.807) is 13.8 Å². The minimum Gasteiger partial charge on any atom is -0.493 e. The first kappa shape index (κ1) is 15.8. The SMILES string of the molecule is CC(C)(NCC1CCOc2ccccc21)C(C)(C)C(=O)O. The monoisotopic (exact) mass is 291 g/mol. The second-order valence-corrected chi connectivity index (χ2v) is 6.81. The molecule has 1 aliphatic rings. The van der Waals surface area contributed by atoms with Gasteiger partial charge in [-0.15, -0.1) is 0 Å². The van der Waals surface area contributed by atoms with E-state index >= 15 is 0 Å². The number of carboxylic acids is 1. The van der Waals surface area contributed by atoms with Crippen LogP contribution >= 0.6 is 0 Å². The van der Waals surface area contributed by atoms with Gasteiger partial charge in [-0.05, 0) is 45.7 Å². The van der Waals surface area contributed by atoms with Gasteiger partial charge in [-0.3, -0.25) is 4.79 Å². The van der Waals surface area contributed by atoms with Gasteiger partial charge in [-0.1, -0.05) is 18.2 Å². The van der Waals surface area contributed by atoms with Crippen LogP contribution in [-0.2, 0) is 4.79 Å². The van der Waals surface area contributed by atoms with E-state index in [4.69, 9.17) is 4.74 Å². The number of benzene rings is 1. The Labute approximate surface area is 126 Å². The Morgan fingerprint density at radius 1 is 1.33 bits per heavy atom. The Hall–Kier alpha value is -1.55. The molecule has 4 nitrogen and oxygen atoms in total. The van der Waals surface area contributed by atoms with Crippen LogP contribution in [0.3, 0.4) is 0 Å². The topological polar surface area (TPSA) is 58.6 Å². The molecule has 1 atom stereocenters. The van der Waals surface area contributed by atoms with E-state index in [2.05, 4.69) is 11.4 Å². The number of ether oxygens (including phenoxy) is 1. The highest BCUT2D eigenvalue weighted by molar-refractivity contribution is 5.75. The van der Waals surface area contributed by atoms with Gasteiger partial charge in [0.25, 0.3) is 0 Å². The van der Waals surface area contributed by atoms with E-state index in [1.165, 1.54) is 5.56 Å². The van der Waals surface area contributed by atoms with Gasteiger partial charge in [0, 0.05) is 18.0 Å². The Balaban J connectivity index is 2.09. The number of rotatable bonds is 5. The molecule has 2 rings (SSSR count). The third-order valence-electron chi connectivity index (χ3n) is 4.97. The van der Waals surface area contributed by atoms with Crippen LogP contribution in [0.15, 0.2) is 24.3 Å². The van der Waals surface area contributed by atoms with Crippen molar-refractivity contribution < 1.29 is 14.6 Å². The molecule has 0 bridgehead atoms. The van der Waals surface area contributed by atoms with Crippen LogP contribution < -0.4 is 10.1 Å². The van der Waals surface area contributed by atoms with Crippen molar-refractivity contribution in [2.24, 2.45) is 5.41 Å². The lowest BCUT2D eigenvalue weighted by Crippen LogP contribution is -2.56. The molecule has 0 saturated carbocycles. The molecule has 116 valence electrons. The highest BCUT2D eigenvalue weighted by Gasteiger charge is 2.43. The zero-order valence-electron chi connectivity index (χ0n) is 13.3. The van der Waals surface area contributed by atoms with Crippen LogP contribution in [0.2, 0.25) is 0 Å². The molecule has 21 heavy (non-hydrogen) atoms. The number of para-hydroxylation sites is 1. The summed E-state index contributed by atoms with van der Waals surface area (Å²) < 4.78 is 5.67. The standard InChI is InChI=1S/C17H25NO3/c1-16(2,15(19)20)17(3,4)18-11-12-9-10-21-14-8-6-5-7-13(12)14/h5-8,12,18H,9-11H2,1-4H3,(H,19,20). The van der Waals surface area contributed by atoms with Crippen molar-refractivity contribution in [2.45, 2.75) is 45.6 Å². The van der Waals surface area contributed by atoms with E-state index < -0.39 is 16.9 Å². The number of nitrogens with one attached hydrogen (secondary N) is 1. The predicted molar refractivity (Wildman–Crippen MR) is 82.8 cm³/mol. The smallest absolute Gasteiger partial charge is 0.310 e. The minimum atomic E-state index is -0.836. The van der Waals surface area contributed by atoms with Gasteiger partial charge in [-0.25, -0.2) is 0 Å². The lowest BCUT2D eigenvalue weighted by molar-refractivity contribution is -0.151. The minimum absolute atomic E-state index is 0.360. The summed E-state index contributed by atoms with van der Waals surface area (Å²) in [5.74, 6) is 0.525. The van der Waals surface area contributed by atoms with Gasteiger partial charge in [-0.2, -0.15) is 0 Å². The van der Waals surface area contributed by atoms with E-state index in [9.17, 15) is 9.90 Å². The first-order valence-electron chi connectivity index (χ1n) is 7.46. The number of carboxylic acid groups (broad SMARTS) is 1. The lowest BCUT2D eigenvalue weighted by Gasteiger charge is -2.40. The van der Waals surface area contributed by atoms with Crippen molar-refractivity contribution in [3.05, 3.63) is 29.8 Å². The Kier molecular flexibility index (Phi) is 4.28. The van der Waals surface area contributed by atoms with Crippen molar-refractivity contribution in [1.29, 1.82) is 0 Å². The third-order valence-corrected chi connectivity index (χ3v) is 4.97. The van der Waals surface area contributed by atoms with Crippen LogP contribution in [-0.4, -0.2) is 29.8 Å². The number of aliphatic carboxylic acids is 1. The molecular formula is C17H25NO3. The molecule has 0 saturated heterocycles. The number of hydrogen-bond donors (Lipinski definition) is 2. The molecule has 0 spiro atoms. The average molecular weight is 291 g/mol. The first-order valence-corrected chi connectivity index (χ1v) is 7.46. The average Bonchev–Trinajstić information content (AvgIpc) is 2.44. The Morgan fingerprint density at radius 3 is 2.67 bits per heavy atom. The maximum Gasteiger partial charge on any atom is 0.310 e. The molecule has 0 radical (unpaired) electrons. The van der Waals surface area contributed by atoms with E-state index in [0.717, 1.165) is 18.7 Å². The van der Waals surface area contributed by atoms with Crippen LogP contribution in [0.5, 0.6) is 5.75 Å². The lowest BCUT2D eigenvalue weighted by atomic mass is 9.74. The number of carbonyl (C=O) groups is 1. The summed E-state index contributed by atoms with van der Waals surface area (Å²) in [6.45, 7) is 8.90. The normalized spacial score (nSPS) is 18.8. The summed E-state index contributed by atoms with van der Waals surface area (Å²) in [4.78, 5) is 11.5. The summed E-state index contributed by atoms with van der Waals surface area (Å²) in [6, 6.07) is 8.09. The maximum atomic E-state index is 11.5. The molecule has 0 aliphatic carbocycles. The van der Waals surface area contributed by atoms with Crippen molar-refractivity contribution in [1.82, 2.24) is 5.32 Å². The van der Waals surface area contributed by atoms with Crippen LogP contribution in [0, 0.1) is 5.41 Å². The molecule has 1 unspecified atom stereocenters. The van der Waals surface area contributed by atoms with Gasteiger partial charge < -0.3 is 15.2 Å². The summed E-state index contributed by atoms with van der Waals surface area (Å²) in [7, 11) is 0. The van der Waals surface area contributed by atoms with Gasteiger partial charge in [0.05, 0.1) is 12.0 Å². The fourth-order valence-corrected chi connectivity index (χ4v) is 2.49. The van der Waals surface area contributed by atoms with Gasteiger partial charge >= 0.3 is 5.97 Å². The first-order chi connectivity index (χ1) is 9.75. The fourth-order valence-electron chi connectivity index (χ4n) is 2.49. The second kappa shape index (κ2) is 5.68. The molecule has 0 aromatic heterocycles. The maximum absolute atomic E-state index is 11.5. The van der Waals surface area contributed by atoms with E-state index in [1.807, 2.05) is 32.0 Å². The molecule has 1 aromatic rings. The quantitative estimate of drug-likeness (QED) is 0.875. The van der Waals surface area contributed by atoms with E-state index in [-0.39, 0.29) is 0 Å². The molecule has 4 heteroatoms. The van der Waals surface area contributed by atoms with Gasteiger partial charge in [0.15, 0.2) is 0 Å². The highest BCUT2D eigenvalue weighted by Crippen LogP contribution is 2.35. The molecule has 0 amide bonds. The fraction of sp³-hybridized carbons (Fsp3) is 0.588. The van der Waals surface area contributed by atoms with Crippen LogP contribution in [0.4, 0.5) is 0 Å². The second-order valence-electron chi connectivity index (χ2n) is 6.81. The molecule has 1 aromatic carbocycles. The molecule has 0 fully saturated rings. The van der Waals surface area contributed by atoms with Gasteiger partial charge in [0.1, 0.15) is 5.75 Å². The zero-order chi connectivity index (χ0) is 15.7. The number of hydrogen-bond acceptors (Lipinski definition) is 3.